The lowest BCUT2D eigenvalue weighted by Crippen LogP contribution is -1.97. The van der Waals surface area contributed by atoms with Crippen LogP contribution in [0.5, 0.6) is 0 Å². The molecule has 13 aromatic rings. The summed E-state index contributed by atoms with van der Waals surface area (Å²) in [7, 11) is 0. The summed E-state index contributed by atoms with van der Waals surface area (Å²) in [6.07, 6.45) is 0. The summed E-state index contributed by atoms with van der Waals surface area (Å²) >= 11 is 0. The molecule has 0 amide bonds. The minimum atomic E-state index is 0.663. The Hall–Kier alpha value is -7.50. The highest BCUT2D eigenvalue weighted by molar-refractivity contribution is 6.35. The zero-order chi connectivity index (χ0) is 35.8. The van der Waals surface area contributed by atoms with E-state index in [1.807, 2.05) is 36.4 Å². The van der Waals surface area contributed by atoms with E-state index >= 15 is 0 Å². The van der Waals surface area contributed by atoms with Gasteiger partial charge in [-0.15, -0.1) is 0 Å². The van der Waals surface area contributed by atoms with E-state index in [9.17, 15) is 0 Å². The Balaban J connectivity index is 1.12. The predicted octanol–water partition coefficient (Wildman–Crippen LogP) is 13.1. The van der Waals surface area contributed by atoms with Gasteiger partial charge in [0, 0.05) is 59.9 Å². The third-order valence-corrected chi connectivity index (χ3v) is 11.6. The summed E-state index contributed by atoms with van der Waals surface area (Å²) in [5, 5.41) is 11.0. The third-order valence-electron chi connectivity index (χ3n) is 11.6. The Bertz CT molecular complexity index is 3700. The van der Waals surface area contributed by atoms with E-state index in [0.717, 1.165) is 39.0 Å². The van der Waals surface area contributed by atoms with Gasteiger partial charge in [-0.3, -0.25) is 0 Å². The van der Waals surface area contributed by atoms with E-state index in [4.69, 9.17) is 14.4 Å². The topological polar surface area (TPSA) is 48.3 Å². The Morgan fingerprint density at radius 1 is 0.436 bits per heavy atom. The van der Waals surface area contributed by atoms with Gasteiger partial charge in [-0.2, -0.15) is 0 Å². The minimum Gasteiger partial charge on any atom is -0.452 e. The van der Waals surface area contributed by atoms with Gasteiger partial charge in [-0.25, -0.2) is 9.97 Å². The normalized spacial score (nSPS) is 12.4. The SMILES string of the molecule is c1ccc(-c2nc(-c3ccc(-n4c5c6ccccc6ccc5c5cc6c7ccccc7n7c8ccccc8c(c54)c67)cc3)nc3c2oc2ccccc23)cc1. The summed E-state index contributed by atoms with van der Waals surface area (Å²) in [5.74, 6) is 0.663. The molecule has 0 saturated heterocycles. The van der Waals surface area contributed by atoms with Gasteiger partial charge >= 0.3 is 0 Å². The molecule has 0 spiro atoms. The second kappa shape index (κ2) is 10.6. The van der Waals surface area contributed by atoms with Crippen molar-refractivity contribution in [1.29, 1.82) is 0 Å². The molecule has 0 aliphatic carbocycles. The van der Waals surface area contributed by atoms with Gasteiger partial charge < -0.3 is 13.4 Å². The number of hydrogen-bond donors (Lipinski definition) is 0. The number of benzene rings is 8. The van der Waals surface area contributed by atoms with Crippen molar-refractivity contribution in [1.82, 2.24) is 18.9 Å². The van der Waals surface area contributed by atoms with Crippen molar-refractivity contribution in [3.8, 4) is 28.3 Å². The third kappa shape index (κ3) is 3.81. The molecule has 5 heterocycles. The van der Waals surface area contributed by atoms with Crippen LogP contribution in [0.2, 0.25) is 0 Å². The van der Waals surface area contributed by atoms with Crippen molar-refractivity contribution in [3.63, 3.8) is 0 Å². The summed E-state index contributed by atoms with van der Waals surface area (Å²) < 4.78 is 11.4. The summed E-state index contributed by atoms with van der Waals surface area (Å²) in [6.45, 7) is 0. The maximum Gasteiger partial charge on any atom is 0.180 e. The first-order valence-electron chi connectivity index (χ1n) is 18.7. The average molecular weight is 701 g/mol. The number of rotatable bonds is 3. The monoisotopic (exact) mass is 700 g/mol. The van der Waals surface area contributed by atoms with Crippen molar-refractivity contribution in [2.75, 3.05) is 0 Å². The fourth-order valence-corrected chi connectivity index (χ4v) is 9.29. The van der Waals surface area contributed by atoms with E-state index in [2.05, 4.69) is 142 Å². The second-order valence-electron chi connectivity index (χ2n) is 14.5. The molecular formula is C50H28N4O. The number of aromatic nitrogens is 4. The molecule has 0 radical (unpaired) electrons. The first-order valence-corrected chi connectivity index (χ1v) is 18.7. The molecule has 0 saturated carbocycles. The molecule has 254 valence electrons. The number of fused-ring (bicyclic) bond motifs is 15. The molecule has 0 aliphatic heterocycles. The van der Waals surface area contributed by atoms with Gasteiger partial charge in [0.25, 0.3) is 0 Å². The lowest BCUT2D eigenvalue weighted by molar-refractivity contribution is 0.667. The van der Waals surface area contributed by atoms with Crippen molar-refractivity contribution >= 4 is 92.7 Å². The highest BCUT2D eigenvalue weighted by Gasteiger charge is 2.25. The molecule has 0 atom stereocenters. The van der Waals surface area contributed by atoms with Gasteiger partial charge in [0.15, 0.2) is 11.4 Å². The standard InChI is InChI=1S/C50H28N4O/c1-2-13-30(14-3-1)44-49-45(37-18-8-11-21-42(37)55-49)52-50(51-44)31-22-25-32(26-23-31)53-46-33-15-5-4-12-29(33)24-27-35(46)39-28-38-34-16-6-9-19-40(34)54-41-20-10-7-17-36(41)43(47(39)53)48(38)54/h1-28H. The zero-order valence-electron chi connectivity index (χ0n) is 29.4. The van der Waals surface area contributed by atoms with Gasteiger partial charge in [0.05, 0.1) is 27.6 Å². The molecule has 0 fully saturated rings. The van der Waals surface area contributed by atoms with Crippen LogP contribution in [0.1, 0.15) is 0 Å². The number of nitrogens with zero attached hydrogens (tertiary/aromatic N) is 4. The van der Waals surface area contributed by atoms with Gasteiger partial charge in [-0.05, 0) is 60.0 Å². The molecule has 8 aromatic carbocycles. The Morgan fingerprint density at radius 3 is 1.95 bits per heavy atom. The molecule has 0 aliphatic rings. The zero-order valence-corrected chi connectivity index (χ0v) is 29.4. The number of furan rings is 1. The largest absolute Gasteiger partial charge is 0.452 e. The molecule has 55 heavy (non-hydrogen) atoms. The fourth-order valence-electron chi connectivity index (χ4n) is 9.29. The molecule has 5 heteroatoms. The van der Waals surface area contributed by atoms with E-state index in [1.54, 1.807) is 0 Å². The molecule has 0 bridgehead atoms. The van der Waals surface area contributed by atoms with Crippen LogP contribution < -0.4 is 0 Å². The highest BCUT2D eigenvalue weighted by Crippen LogP contribution is 2.47. The van der Waals surface area contributed by atoms with Gasteiger partial charge in [0.1, 0.15) is 16.8 Å². The first-order chi connectivity index (χ1) is 27.3. The highest BCUT2D eigenvalue weighted by atomic mass is 16.3. The van der Waals surface area contributed by atoms with Crippen LogP contribution in [0.25, 0.3) is 121 Å². The average Bonchev–Trinajstić information content (AvgIpc) is 3.99. The van der Waals surface area contributed by atoms with Crippen molar-refractivity contribution in [2.24, 2.45) is 0 Å². The van der Waals surface area contributed by atoms with Gasteiger partial charge in [0.2, 0.25) is 0 Å². The van der Waals surface area contributed by atoms with Crippen LogP contribution in [0.15, 0.2) is 174 Å². The maximum atomic E-state index is 6.38. The van der Waals surface area contributed by atoms with Gasteiger partial charge in [-0.1, -0.05) is 115 Å². The van der Waals surface area contributed by atoms with Crippen LogP contribution in [0, 0.1) is 0 Å². The van der Waals surface area contributed by atoms with Crippen molar-refractivity contribution < 1.29 is 4.42 Å². The molecular weight excluding hydrogens is 673 g/mol. The van der Waals surface area contributed by atoms with Crippen LogP contribution in [0.4, 0.5) is 0 Å². The minimum absolute atomic E-state index is 0.663. The maximum absolute atomic E-state index is 6.38. The number of para-hydroxylation sites is 3. The fraction of sp³-hybridized carbons (Fsp3) is 0. The second-order valence-corrected chi connectivity index (χ2v) is 14.5. The molecule has 13 rings (SSSR count). The van der Waals surface area contributed by atoms with E-state index in [-0.39, 0.29) is 0 Å². The van der Waals surface area contributed by atoms with Crippen molar-refractivity contribution in [3.05, 3.63) is 170 Å². The van der Waals surface area contributed by atoms with Crippen molar-refractivity contribution in [2.45, 2.75) is 0 Å². The Kier molecular flexibility index (Phi) is 5.57. The van der Waals surface area contributed by atoms with Crippen LogP contribution >= 0.6 is 0 Å². The smallest absolute Gasteiger partial charge is 0.180 e. The van der Waals surface area contributed by atoms with E-state index in [0.29, 0.717) is 11.4 Å². The summed E-state index contributed by atoms with van der Waals surface area (Å²) in [6, 6.07) is 60.5. The van der Waals surface area contributed by atoms with Crippen LogP contribution in [-0.2, 0) is 0 Å². The molecule has 5 nitrogen and oxygen atoms in total. The number of hydrogen-bond acceptors (Lipinski definition) is 3. The lowest BCUT2D eigenvalue weighted by Gasteiger charge is -2.12. The molecule has 0 N–H and O–H groups in total. The van der Waals surface area contributed by atoms with E-state index in [1.165, 1.54) is 70.7 Å². The van der Waals surface area contributed by atoms with Crippen LogP contribution in [0.3, 0.4) is 0 Å². The van der Waals surface area contributed by atoms with Crippen LogP contribution in [-0.4, -0.2) is 18.9 Å². The first kappa shape index (κ1) is 29.0. The quantitative estimate of drug-likeness (QED) is 0.184. The molecule has 0 unspecified atom stereocenters. The Morgan fingerprint density at radius 2 is 1.11 bits per heavy atom. The summed E-state index contributed by atoms with van der Waals surface area (Å²) in [5.41, 5.74) is 12.3. The molecule has 5 aromatic heterocycles. The Labute approximate surface area is 313 Å². The predicted molar refractivity (Wildman–Crippen MR) is 227 cm³/mol. The lowest BCUT2D eigenvalue weighted by atomic mass is 10.0. The summed E-state index contributed by atoms with van der Waals surface area (Å²) in [4.78, 5) is 10.3. The van der Waals surface area contributed by atoms with E-state index < -0.39 is 0 Å².